The fourth-order valence-corrected chi connectivity index (χ4v) is 3.72. The molecule has 2 N–H and O–H groups in total. The van der Waals surface area contributed by atoms with E-state index in [4.69, 9.17) is 15.2 Å². The van der Waals surface area contributed by atoms with Crippen molar-refractivity contribution in [3.8, 4) is 11.5 Å². The van der Waals surface area contributed by atoms with Gasteiger partial charge < -0.3 is 15.2 Å². The summed E-state index contributed by atoms with van der Waals surface area (Å²) in [6.07, 6.45) is 6.08. The fraction of sp³-hybridized carbons (Fsp3) is 0.625. The Labute approximate surface area is 129 Å². The molecule has 0 saturated heterocycles. The monoisotopic (exact) mass is 339 g/mol. The molecular formula is C16H22BrNO2. The average Bonchev–Trinajstić information content (AvgIpc) is 3.22. The molecule has 20 heavy (non-hydrogen) atoms. The highest BCUT2D eigenvalue weighted by atomic mass is 79.9. The predicted molar refractivity (Wildman–Crippen MR) is 83.5 cm³/mol. The highest BCUT2D eigenvalue weighted by Gasteiger charge is 2.42. The van der Waals surface area contributed by atoms with Crippen LogP contribution in [0.5, 0.6) is 11.5 Å². The third kappa shape index (κ3) is 2.44. The molecule has 0 aliphatic heterocycles. The quantitative estimate of drug-likeness (QED) is 0.860. The third-order valence-electron chi connectivity index (χ3n) is 4.68. The fourth-order valence-electron chi connectivity index (χ4n) is 2.98. The Morgan fingerprint density at radius 2 is 2.10 bits per heavy atom. The van der Waals surface area contributed by atoms with Crippen LogP contribution < -0.4 is 15.2 Å². The lowest BCUT2D eigenvalue weighted by molar-refractivity contribution is 0.224. The Balaban J connectivity index is 1.99. The molecule has 1 aromatic carbocycles. The van der Waals surface area contributed by atoms with E-state index in [1.165, 1.54) is 24.8 Å². The van der Waals surface area contributed by atoms with Crippen molar-refractivity contribution in [3.63, 3.8) is 0 Å². The minimum atomic E-state index is 0.0618. The van der Waals surface area contributed by atoms with E-state index in [0.717, 1.165) is 41.3 Å². The van der Waals surface area contributed by atoms with Gasteiger partial charge in [0.2, 0.25) is 0 Å². The Kier molecular flexibility index (Phi) is 3.95. The van der Waals surface area contributed by atoms with Gasteiger partial charge in [-0.1, -0.05) is 22.4 Å². The van der Waals surface area contributed by atoms with Gasteiger partial charge in [0.05, 0.1) is 13.7 Å². The Morgan fingerprint density at radius 1 is 1.35 bits per heavy atom. The molecule has 3 nitrogen and oxygen atoms in total. The van der Waals surface area contributed by atoms with Crippen molar-refractivity contribution >= 4 is 15.9 Å². The van der Waals surface area contributed by atoms with Gasteiger partial charge in [0, 0.05) is 22.0 Å². The van der Waals surface area contributed by atoms with Crippen molar-refractivity contribution in [1.29, 1.82) is 0 Å². The molecule has 2 fully saturated rings. The number of benzene rings is 1. The van der Waals surface area contributed by atoms with Gasteiger partial charge in [-0.3, -0.25) is 0 Å². The number of nitrogens with two attached hydrogens (primary N) is 1. The first kappa shape index (κ1) is 14.2. The largest absolute Gasteiger partial charge is 0.493 e. The molecule has 0 aromatic heterocycles. The maximum Gasteiger partial charge on any atom is 0.166 e. The minimum Gasteiger partial charge on any atom is -0.493 e. The number of halogens is 1. The summed E-state index contributed by atoms with van der Waals surface area (Å²) in [7, 11) is 1.70. The Bertz CT molecular complexity index is 490. The van der Waals surface area contributed by atoms with E-state index in [-0.39, 0.29) is 5.41 Å². The third-order valence-corrected chi connectivity index (χ3v) is 5.34. The van der Waals surface area contributed by atoms with Crippen LogP contribution in [0.2, 0.25) is 0 Å². The summed E-state index contributed by atoms with van der Waals surface area (Å²) in [5, 5.41) is 0. The number of methoxy groups -OCH3 is 1. The number of hydrogen-bond donors (Lipinski definition) is 1. The van der Waals surface area contributed by atoms with Crippen LogP contribution in [-0.4, -0.2) is 20.3 Å². The molecule has 2 aliphatic carbocycles. The molecule has 0 radical (unpaired) electrons. The van der Waals surface area contributed by atoms with Gasteiger partial charge in [-0.15, -0.1) is 0 Å². The smallest absolute Gasteiger partial charge is 0.166 e. The second kappa shape index (κ2) is 5.57. The maximum absolute atomic E-state index is 6.14. The molecule has 2 saturated carbocycles. The van der Waals surface area contributed by atoms with Crippen molar-refractivity contribution in [3.05, 3.63) is 22.2 Å². The van der Waals surface area contributed by atoms with Crippen LogP contribution in [0.25, 0.3) is 0 Å². The summed E-state index contributed by atoms with van der Waals surface area (Å²) in [6.45, 7) is 1.46. The van der Waals surface area contributed by atoms with Gasteiger partial charge in [0.25, 0.3) is 0 Å². The summed E-state index contributed by atoms with van der Waals surface area (Å²) in [4.78, 5) is 0. The van der Waals surface area contributed by atoms with E-state index in [9.17, 15) is 0 Å². The summed E-state index contributed by atoms with van der Waals surface area (Å²) in [5.74, 6) is 2.45. The van der Waals surface area contributed by atoms with Crippen molar-refractivity contribution in [2.75, 3.05) is 20.3 Å². The second-order valence-corrected chi connectivity index (χ2v) is 6.90. The lowest BCUT2D eigenvalue weighted by Gasteiger charge is -2.43. The zero-order valence-electron chi connectivity index (χ0n) is 12.0. The van der Waals surface area contributed by atoms with E-state index in [1.54, 1.807) is 7.11 Å². The molecule has 0 heterocycles. The zero-order chi connectivity index (χ0) is 14.2. The number of ether oxygens (including phenoxy) is 2. The van der Waals surface area contributed by atoms with Crippen LogP contribution in [0.15, 0.2) is 16.6 Å². The molecule has 0 bridgehead atoms. The summed E-state index contributed by atoms with van der Waals surface area (Å²) < 4.78 is 12.7. The standard InChI is InChI=1S/C16H22BrNO2/c1-19-13-6-5-12(17)14(16(10-18)7-2-8-16)15(13)20-9-11-3-4-11/h5-6,11H,2-4,7-10,18H2,1H3. The van der Waals surface area contributed by atoms with Gasteiger partial charge in [0.1, 0.15) is 0 Å². The normalized spacial score (nSPS) is 20.4. The van der Waals surface area contributed by atoms with Crippen LogP contribution in [0.1, 0.15) is 37.7 Å². The second-order valence-electron chi connectivity index (χ2n) is 6.05. The Morgan fingerprint density at radius 3 is 2.60 bits per heavy atom. The predicted octanol–water partition coefficient (Wildman–Crippen LogP) is 3.63. The highest BCUT2D eigenvalue weighted by Crippen LogP contribution is 2.52. The Hall–Kier alpha value is -0.740. The lowest BCUT2D eigenvalue weighted by atomic mass is 9.64. The van der Waals surface area contributed by atoms with E-state index in [2.05, 4.69) is 15.9 Å². The van der Waals surface area contributed by atoms with Gasteiger partial charge in [-0.25, -0.2) is 0 Å². The van der Waals surface area contributed by atoms with Gasteiger partial charge in [-0.2, -0.15) is 0 Å². The molecule has 3 rings (SSSR count). The first-order valence-electron chi connectivity index (χ1n) is 7.40. The first-order chi connectivity index (χ1) is 9.70. The highest BCUT2D eigenvalue weighted by molar-refractivity contribution is 9.10. The minimum absolute atomic E-state index is 0.0618. The van der Waals surface area contributed by atoms with E-state index < -0.39 is 0 Å². The van der Waals surface area contributed by atoms with Crippen molar-refractivity contribution in [2.24, 2.45) is 11.7 Å². The van der Waals surface area contributed by atoms with Crippen molar-refractivity contribution in [2.45, 2.75) is 37.5 Å². The van der Waals surface area contributed by atoms with Crippen LogP contribution >= 0.6 is 15.9 Å². The van der Waals surface area contributed by atoms with Crippen LogP contribution in [-0.2, 0) is 5.41 Å². The van der Waals surface area contributed by atoms with E-state index in [0.29, 0.717) is 6.54 Å². The van der Waals surface area contributed by atoms with Crippen LogP contribution in [0.3, 0.4) is 0 Å². The number of rotatable bonds is 6. The van der Waals surface area contributed by atoms with Gasteiger partial charge in [0.15, 0.2) is 11.5 Å². The molecule has 110 valence electrons. The molecule has 0 atom stereocenters. The van der Waals surface area contributed by atoms with Crippen LogP contribution in [0.4, 0.5) is 0 Å². The molecule has 0 unspecified atom stereocenters. The molecular weight excluding hydrogens is 318 g/mol. The van der Waals surface area contributed by atoms with E-state index >= 15 is 0 Å². The summed E-state index contributed by atoms with van der Waals surface area (Å²) in [6, 6.07) is 4.02. The van der Waals surface area contributed by atoms with Gasteiger partial charge in [-0.05, 0) is 43.7 Å². The molecule has 2 aliphatic rings. The maximum atomic E-state index is 6.14. The average molecular weight is 340 g/mol. The molecule has 4 heteroatoms. The summed E-state index contributed by atoms with van der Waals surface area (Å²) >= 11 is 3.69. The van der Waals surface area contributed by atoms with Crippen molar-refractivity contribution in [1.82, 2.24) is 0 Å². The van der Waals surface area contributed by atoms with Gasteiger partial charge >= 0.3 is 0 Å². The summed E-state index contributed by atoms with van der Waals surface area (Å²) in [5.41, 5.74) is 7.36. The first-order valence-corrected chi connectivity index (χ1v) is 8.19. The lowest BCUT2D eigenvalue weighted by Crippen LogP contribution is -2.42. The molecule has 0 amide bonds. The van der Waals surface area contributed by atoms with Crippen LogP contribution in [0, 0.1) is 5.92 Å². The van der Waals surface area contributed by atoms with Crippen molar-refractivity contribution < 1.29 is 9.47 Å². The topological polar surface area (TPSA) is 44.5 Å². The zero-order valence-corrected chi connectivity index (χ0v) is 13.5. The molecule has 0 spiro atoms. The van der Waals surface area contributed by atoms with E-state index in [1.807, 2.05) is 12.1 Å². The SMILES string of the molecule is COc1ccc(Br)c(C2(CN)CCC2)c1OCC1CC1. The molecule has 1 aromatic rings. The number of hydrogen-bond acceptors (Lipinski definition) is 3.